The molecule has 1 aromatic rings. The molecule has 1 aromatic carbocycles. The number of hydrogen-bond acceptors (Lipinski definition) is 3. The average molecular weight is 300 g/mol. The number of hydrogen-bond donors (Lipinski definition) is 1. The van der Waals surface area contributed by atoms with Gasteiger partial charge in [-0.1, -0.05) is 19.1 Å². The van der Waals surface area contributed by atoms with Gasteiger partial charge >= 0.3 is 0 Å². The Kier molecular flexibility index (Phi) is 4.78. The van der Waals surface area contributed by atoms with E-state index in [-0.39, 0.29) is 17.7 Å². The van der Waals surface area contributed by atoms with Crippen molar-refractivity contribution in [2.45, 2.75) is 31.6 Å². The van der Waals surface area contributed by atoms with Crippen LogP contribution < -0.4 is 5.73 Å². The maximum absolute atomic E-state index is 13.2. The summed E-state index contributed by atoms with van der Waals surface area (Å²) in [5, 5.41) is 0. The Morgan fingerprint density at radius 1 is 1.45 bits per heavy atom. The predicted molar refractivity (Wildman–Crippen MR) is 77.0 cm³/mol. The molecule has 0 unspecified atom stereocenters. The van der Waals surface area contributed by atoms with E-state index >= 15 is 0 Å². The van der Waals surface area contributed by atoms with Crippen LogP contribution in [0.1, 0.15) is 25.3 Å². The second-order valence-corrected chi connectivity index (χ2v) is 7.34. The largest absolute Gasteiger partial charge is 0.329 e. The fraction of sp³-hybridized carbons (Fsp3) is 0.571. The molecule has 0 bridgehead atoms. The molecule has 0 aromatic heterocycles. The summed E-state index contributed by atoms with van der Waals surface area (Å²) in [4.78, 5) is 0. The van der Waals surface area contributed by atoms with Crippen LogP contribution in [-0.4, -0.2) is 31.9 Å². The molecule has 0 radical (unpaired) electrons. The first-order chi connectivity index (χ1) is 9.44. The third-order valence-corrected chi connectivity index (χ3v) is 5.77. The third-order valence-electron chi connectivity index (χ3n) is 3.90. The van der Waals surface area contributed by atoms with Gasteiger partial charge in [0.05, 0.1) is 5.75 Å². The monoisotopic (exact) mass is 300 g/mol. The quantitative estimate of drug-likeness (QED) is 0.921. The average Bonchev–Trinajstić information content (AvgIpc) is 2.38. The normalized spacial score (nSPS) is 24.8. The molecular weight excluding hydrogens is 279 g/mol. The lowest BCUT2D eigenvalue weighted by Crippen LogP contribution is -2.51. The lowest BCUT2D eigenvalue weighted by atomic mass is 9.93. The maximum atomic E-state index is 13.2. The van der Waals surface area contributed by atoms with Crippen LogP contribution in [0, 0.1) is 11.7 Å². The van der Waals surface area contributed by atoms with Gasteiger partial charge in [0, 0.05) is 19.1 Å². The molecule has 4 nitrogen and oxygen atoms in total. The van der Waals surface area contributed by atoms with Crippen molar-refractivity contribution in [3.63, 3.8) is 0 Å². The fourth-order valence-corrected chi connectivity index (χ4v) is 4.71. The Hall–Kier alpha value is -0.980. The first-order valence-electron chi connectivity index (χ1n) is 6.88. The molecule has 2 N–H and O–H groups in total. The van der Waals surface area contributed by atoms with E-state index in [0.717, 1.165) is 12.8 Å². The second-order valence-electron chi connectivity index (χ2n) is 5.42. The Morgan fingerprint density at radius 2 is 2.20 bits per heavy atom. The zero-order valence-electron chi connectivity index (χ0n) is 11.6. The minimum Gasteiger partial charge on any atom is -0.329 e. The number of nitrogens with two attached hydrogens (primary N) is 1. The Morgan fingerprint density at radius 3 is 2.85 bits per heavy atom. The minimum absolute atomic E-state index is 0.151. The van der Waals surface area contributed by atoms with E-state index in [9.17, 15) is 12.8 Å². The van der Waals surface area contributed by atoms with E-state index in [2.05, 4.69) is 0 Å². The zero-order valence-corrected chi connectivity index (χ0v) is 12.4. The van der Waals surface area contributed by atoms with E-state index in [1.54, 1.807) is 6.07 Å². The Labute approximate surface area is 119 Å². The van der Waals surface area contributed by atoms with Crippen molar-refractivity contribution >= 4 is 10.0 Å². The van der Waals surface area contributed by atoms with Gasteiger partial charge in [-0.15, -0.1) is 0 Å². The highest BCUT2D eigenvalue weighted by Gasteiger charge is 2.35. The Balaban J connectivity index is 2.21. The number of halogens is 1. The van der Waals surface area contributed by atoms with Gasteiger partial charge in [0.1, 0.15) is 5.82 Å². The molecule has 0 spiro atoms. The van der Waals surface area contributed by atoms with E-state index in [1.165, 1.54) is 22.5 Å². The summed E-state index contributed by atoms with van der Waals surface area (Å²) in [5.41, 5.74) is 6.20. The minimum atomic E-state index is -3.46. The third kappa shape index (κ3) is 3.37. The van der Waals surface area contributed by atoms with Crippen molar-refractivity contribution in [3.8, 4) is 0 Å². The molecule has 0 saturated carbocycles. The van der Waals surface area contributed by atoms with Crippen LogP contribution in [-0.2, 0) is 15.8 Å². The van der Waals surface area contributed by atoms with Crippen LogP contribution in [0.3, 0.4) is 0 Å². The van der Waals surface area contributed by atoms with Crippen LogP contribution >= 0.6 is 0 Å². The number of nitrogens with zero attached hydrogens (tertiary/aromatic N) is 1. The first kappa shape index (κ1) is 15.4. The van der Waals surface area contributed by atoms with Crippen LogP contribution in [0.25, 0.3) is 0 Å². The van der Waals surface area contributed by atoms with Crippen molar-refractivity contribution in [3.05, 3.63) is 35.6 Å². The fourth-order valence-electron chi connectivity index (χ4n) is 2.83. The summed E-state index contributed by atoms with van der Waals surface area (Å²) >= 11 is 0. The SMILES string of the molecule is C[C@@H]1CCCN(S(=O)(=O)Cc2cccc(F)c2)[C@H]1CN. The van der Waals surface area contributed by atoms with Gasteiger partial charge in [-0.05, 0) is 36.5 Å². The van der Waals surface area contributed by atoms with Gasteiger partial charge in [0.25, 0.3) is 0 Å². The highest BCUT2D eigenvalue weighted by molar-refractivity contribution is 7.88. The molecule has 1 heterocycles. The highest BCUT2D eigenvalue weighted by atomic mass is 32.2. The Bertz CT molecular complexity index is 562. The standard InChI is InChI=1S/C14H21FN2O2S/c1-11-4-3-7-17(14(11)9-16)20(18,19)10-12-5-2-6-13(15)8-12/h2,5-6,8,11,14H,3-4,7,9-10,16H2,1H3/t11-,14+/m1/s1. The smallest absolute Gasteiger partial charge is 0.218 e. The van der Waals surface area contributed by atoms with E-state index in [1.807, 2.05) is 6.92 Å². The van der Waals surface area contributed by atoms with Gasteiger partial charge in [-0.25, -0.2) is 12.8 Å². The topological polar surface area (TPSA) is 63.4 Å². The van der Waals surface area contributed by atoms with Gasteiger partial charge < -0.3 is 5.73 Å². The number of sulfonamides is 1. The van der Waals surface area contributed by atoms with Gasteiger partial charge in [0.2, 0.25) is 10.0 Å². The van der Waals surface area contributed by atoms with Crippen molar-refractivity contribution in [1.82, 2.24) is 4.31 Å². The molecule has 0 aliphatic carbocycles. The lowest BCUT2D eigenvalue weighted by molar-refractivity contribution is 0.192. The van der Waals surface area contributed by atoms with Gasteiger partial charge in [-0.3, -0.25) is 0 Å². The number of rotatable bonds is 4. The van der Waals surface area contributed by atoms with Gasteiger partial charge in [-0.2, -0.15) is 4.31 Å². The van der Waals surface area contributed by atoms with Crippen LogP contribution in [0.5, 0.6) is 0 Å². The zero-order chi connectivity index (χ0) is 14.8. The predicted octanol–water partition coefficient (Wildman–Crippen LogP) is 1.71. The summed E-state index contributed by atoms with van der Waals surface area (Å²) in [5.74, 6) is -0.329. The van der Waals surface area contributed by atoms with Gasteiger partial charge in [0.15, 0.2) is 0 Å². The molecule has 1 fully saturated rings. The molecule has 0 amide bonds. The van der Waals surface area contributed by atoms with E-state index in [4.69, 9.17) is 5.73 Å². The summed E-state index contributed by atoms with van der Waals surface area (Å²) in [7, 11) is -3.46. The summed E-state index contributed by atoms with van der Waals surface area (Å²) in [6.45, 7) is 2.86. The summed E-state index contributed by atoms with van der Waals surface area (Å²) < 4.78 is 39.7. The molecular formula is C14H21FN2O2S. The number of piperidine rings is 1. The van der Waals surface area contributed by atoms with Crippen molar-refractivity contribution in [2.75, 3.05) is 13.1 Å². The number of benzene rings is 1. The van der Waals surface area contributed by atoms with Crippen LogP contribution in [0.15, 0.2) is 24.3 Å². The molecule has 1 saturated heterocycles. The molecule has 1 aliphatic heterocycles. The van der Waals surface area contributed by atoms with Crippen molar-refractivity contribution < 1.29 is 12.8 Å². The van der Waals surface area contributed by atoms with Crippen LogP contribution in [0.4, 0.5) is 4.39 Å². The van der Waals surface area contributed by atoms with E-state index in [0.29, 0.717) is 18.7 Å². The summed E-state index contributed by atoms with van der Waals surface area (Å²) in [6.07, 6.45) is 1.84. The molecule has 1 aliphatic rings. The molecule has 2 rings (SSSR count). The molecule has 2 atom stereocenters. The molecule has 20 heavy (non-hydrogen) atoms. The maximum Gasteiger partial charge on any atom is 0.218 e. The molecule has 112 valence electrons. The van der Waals surface area contributed by atoms with Crippen LogP contribution in [0.2, 0.25) is 0 Å². The lowest BCUT2D eigenvalue weighted by Gasteiger charge is -2.38. The highest BCUT2D eigenvalue weighted by Crippen LogP contribution is 2.26. The second kappa shape index (κ2) is 6.20. The first-order valence-corrected chi connectivity index (χ1v) is 8.49. The van der Waals surface area contributed by atoms with E-state index < -0.39 is 15.8 Å². The summed E-state index contributed by atoms with van der Waals surface area (Å²) in [6, 6.07) is 5.58. The van der Waals surface area contributed by atoms with Crippen molar-refractivity contribution in [1.29, 1.82) is 0 Å². The molecule has 6 heteroatoms. The van der Waals surface area contributed by atoms with Crippen molar-refractivity contribution in [2.24, 2.45) is 11.7 Å².